The highest BCUT2D eigenvalue weighted by molar-refractivity contribution is 8.02. The molecule has 1 atom stereocenters. The van der Waals surface area contributed by atoms with Crippen LogP contribution in [0, 0.1) is 0 Å². The zero-order valence-corrected chi connectivity index (χ0v) is 14.8. The van der Waals surface area contributed by atoms with Gasteiger partial charge in [-0.2, -0.15) is 0 Å². The van der Waals surface area contributed by atoms with Crippen molar-refractivity contribution >= 4 is 35.0 Å². The molecule has 0 aromatic heterocycles. The van der Waals surface area contributed by atoms with Gasteiger partial charge in [-0.05, 0) is 38.1 Å². The van der Waals surface area contributed by atoms with Crippen LogP contribution in [0.3, 0.4) is 0 Å². The van der Waals surface area contributed by atoms with Crippen LogP contribution in [0.4, 0.5) is 11.4 Å². The van der Waals surface area contributed by atoms with Gasteiger partial charge in [0.1, 0.15) is 0 Å². The lowest BCUT2D eigenvalue weighted by Crippen LogP contribution is -2.56. The lowest BCUT2D eigenvalue weighted by atomic mass is 10.1. The fourth-order valence-corrected chi connectivity index (χ4v) is 4.28. The van der Waals surface area contributed by atoms with Crippen molar-refractivity contribution in [3.8, 4) is 0 Å². The topological polar surface area (TPSA) is 40.6 Å². The Hall–Kier alpha value is -2.27. The molecule has 1 aliphatic rings. The van der Waals surface area contributed by atoms with Crippen LogP contribution in [0.15, 0.2) is 59.5 Å². The molecule has 2 aromatic rings. The number of hydrogen-bond acceptors (Lipinski definition) is 3. The second-order valence-electron chi connectivity index (χ2n) is 5.85. The largest absolute Gasteiger partial charge is 0.313 e. The van der Waals surface area contributed by atoms with Gasteiger partial charge in [-0.15, -0.1) is 0 Å². The molecule has 2 aromatic carbocycles. The normalized spacial score (nSPS) is 19.8. The van der Waals surface area contributed by atoms with Gasteiger partial charge >= 0.3 is 0 Å². The van der Waals surface area contributed by atoms with Crippen molar-refractivity contribution in [3.63, 3.8) is 0 Å². The molecule has 0 bridgehead atoms. The van der Waals surface area contributed by atoms with Crippen LogP contribution in [0.1, 0.15) is 13.8 Å². The maximum Gasteiger partial charge on any atom is 0.252 e. The van der Waals surface area contributed by atoms with Crippen molar-refractivity contribution in [2.45, 2.75) is 23.5 Å². The number of thioether (sulfide) groups is 1. The minimum absolute atomic E-state index is 0.187. The molecule has 0 aliphatic carbocycles. The van der Waals surface area contributed by atoms with Gasteiger partial charge in [0.2, 0.25) is 0 Å². The highest BCUT2D eigenvalue weighted by Crippen LogP contribution is 2.45. The van der Waals surface area contributed by atoms with Crippen LogP contribution in [0.25, 0.3) is 0 Å². The van der Waals surface area contributed by atoms with Gasteiger partial charge in [0.25, 0.3) is 11.8 Å². The van der Waals surface area contributed by atoms with Gasteiger partial charge in [0.05, 0.1) is 5.69 Å². The zero-order chi connectivity index (χ0) is 17.3. The van der Waals surface area contributed by atoms with Gasteiger partial charge in [-0.25, -0.2) is 0 Å². The number of carbonyl (C=O) groups excluding carboxylic acids is 2. The lowest BCUT2D eigenvalue weighted by Gasteiger charge is -2.39. The molecule has 0 saturated heterocycles. The number of hydrogen-bond donors (Lipinski definition) is 0. The molecular formula is C19H20N2O2S. The summed E-state index contributed by atoms with van der Waals surface area (Å²) in [5.41, 5.74) is 1.65. The second-order valence-corrected chi connectivity index (χ2v) is 7.31. The zero-order valence-electron chi connectivity index (χ0n) is 14.0. The maximum absolute atomic E-state index is 13.3. The molecule has 1 aliphatic heterocycles. The molecule has 2 amide bonds. The van der Waals surface area contributed by atoms with E-state index in [1.54, 1.807) is 23.8 Å². The lowest BCUT2D eigenvalue weighted by molar-refractivity contribution is -0.129. The number of benzene rings is 2. The van der Waals surface area contributed by atoms with Crippen LogP contribution in [0.2, 0.25) is 0 Å². The Kier molecular flexibility index (Phi) is 4.37. The van der Waals surface area contributed by atoms with E-state index < -0.39 is 4.75 Å². The summed E-state index contributed by atoms with van der Waals surface area (Å²) in [5.74, 6) is -0.377. The first-order valence-electron chi connectivity index (χ1n) is 7.92. The Labute approximate surface area is 146 Å². The van der Waals surface area contributed by atoms with Gasteiger partial charge in [-0.1, -0.05) is 42.1 Å². The van der Waals surface area contributed by atoms with E-state index in [1.807, 2.05) is 61.5 Å². The third-order valence-electron chi connectivity index (χ3n) is 4.29. The predicted molar refractivity (Wildman–Crippen MR) is 98.6 cm³/mol. The summed E-state index contributed by atoms with van der Waals surface area (Å²) in [4.78, 5) is 30.4. The third-order valence-corrected chi connectivity index (χ3v) is 5.61. The first kappa shape index (κ1) is 16.6. The minimum Gasteiger partial charge on any atom is -0.313 e. The summed E-state index contributed by atoms with van der Waals surface area (Å²) in [6.07, 6.45) is 0. The van der Waals surface area contributed by atoms with E-state index in [2.05, 4.69) is 0 Å². The predicted octanol–water partition coefficient (Wildman–Crippen LogP) is 3.57. The number of carbonyl (C=O) groups is 2. The van der Waals surface area contributed by atoms with Crippen LogP contribution in [0.5, 0.6) is 0 Å². The SMILES string of the molecule is CCN(C(=O)C1(C)Sc2ccccc2N(C)C1=O)c1ccccc1. The maximum atomic E-state index is 13.3. The molecule has 1 heterocycles. The molecular weight excluding hydrogens is 320 g/mol. The number of para-hydroxylation sites is 2. The van der Waals surface area contributed by atoms with Crippen LogP contribution in [-0.2, 0) is 9.59 Å². The quantitative estimate of drug-likeness (QED) is 0.802. The average Bonchev–Trinajstić information content (AvgIpc) is 2.61. The number of rotatable bonds is 3. The summed E-state index contributed by atoms with van der Waals surface area (Å²) in [6.45, 7) is 4.15. The van der Waals surface area contributed by atoms with E-state index in [0.717, 1.165) is 16.3 Å². The van der Waals surface area contributed by atoms with Crippen molar-refractivity contribution < 1.29 is 9.59 Å². The molecule has 0 saturated carbocycles. The Bertz CT molecular complexity index is 778. The van der Waals surface area contributed by atoms with E-state index in [9.17, 15) is 9.59 Å². The fraction of sp³-hybridized carbons (Fsp3) is 0.263. The van der Waals surface area contributed by atoms with Crippen molar-refractivity contribution in [3.05, 3.63) is 54.6 Å². The van der Waals surface area contributed by atoms with E-state index in [-0.39, 0.29) is 11.8 Å². The summed E-state index contributed by atoms with van der Waals surface area (Å²) < 4.78 is -1.17. The molecule has 124 valence electrons. The molecule has 0 spiro atoms. The van der Waals surface area contributed by atoms with Gasteiger partial charge in [-0.3, -0.25) is 9.59 Å². The first-order chi connectivity index (χ1) is 11.5. The van der Waals surface area contributed by atoms with Crippen LogP contribution >= 0.6 is 11.8 Å². The van der Waals surface area contributed by atoms with Crippen molar-refractivity contribution in [1.29, 1.82) is 0 Å². The van der Waals surface area contributed by atoms with E-state index in [4.69, 9.17) is 0 Å². The van der Waals surface area contributed by atoms with E-state index in [1.165, 1.54) is 11.8 Å². The number of nitrogens with zero attached hydrogens (tertiary/aromatic N) is 2. The Morgan fingerprint density at radius 2 is 1.75 bits per heavy atom. The average molecular weight is 340 g/mol. The van der Waals surface area contributed by atoms with Crippen molar-refractivity contribution in [2.24, 2.45) is 0 Å². The fourth-order valence-electron chi connectivity index (χ4n) is 2.96. The molecule has 4 nitrogen and oxygen atoms in total. The summed E-state index contributed by atoms with van der Waals surface area (Å²) >= 11 is 1.34. The van der Waals surface area contributed by atoms with Gasteiger partial charge < -0.3 is 9.80 Å². The molecule has 1 unspecified atom stereocenters. The van der Waals surface area contributed by atoms with Crippen molar-refractivity contribution in [2.75, 3.05) is 23.4 Å². The second kappa shape index (κ2) is 6.32. The van der Waals surface area contributed by atoms with E-state index >= 15 is 0 Å². The molecule has 0 N–H and O–H groups in total. The van der Waals surface area contributed by atoms with Crippen molar-refractivity contribution in [1.82, 2.24) is 0 Å². The van der Waals surface area contributed by atoms with E-state index in [0.29, 0.717) is 6.54 Å². The monoisotopic (exact) mass is 340 g/mol. The van der Waals surface area contributed by atoms with Gasteiger partial charge in [0.15, 0.2) is 4.75 Å². The molecule has 5 heteroatoms. The third kappa shape index (κ3) is 2.59. The molecule has 0 radical (unpaired) electrons. The molecule has 24 heavy (non-hydrogen) atoms. The van der Waals surface area contributed by atoms with Crippen LogP contribution in [-0.4, -0.2) is 30.2 Å². The molecule has 3 rings (SSSR count). The number of amides is 2. The Morgan fingerprint density at radius 3 is 2.42 bits per heavy atom. The number of anilines is 2. The smallest absolute Gasteiger partial charge is 0.252 e. The number of fused-ring (bicyclic) bond motifs is 1. The highest BCUT2D eigenvalue weighted by Gasteiger charge is 2.50. The minimum atomic E-state index is -1.17. The summed E-state index contributed by atoms with van der Waals surface area (Å²) in [5, 5.41) is 0. The van der Waals surface area contributed by atoms with Crippen LogP contribution < -0.4 is 9.80 Å². The summed E-state index contributed by atoms with van der Waals surface area (Å²) in [7, 11) is 1.73. The Morgan fingerprint density at radius 1 is 1.12 bits per heavy atom. The first-order valence-corrected chi connectivity index (χ1v) is 8.74. The molecule has 0 fully saturated rings. The summed E-state index contributed by atoms with van der Waals surface area (Å²) in [6, 6.07) is 17.2. The standard InChI is InChI=1S/C19H20N2O2S/c1-4-21(14-10-6-5-7-11-14)18(23)19(2)17(22)20(3)15-12-8-9-13-16(15)24-19/h5-13H,4H2,1-3H3. The van der Waals surface area contributed by atoms with Gasteiger partial charge in [0, 0.05) is 24.2 Å². The Balaban J connectivity index is 2.01. The highest BCUT2D eigenvalue weighted by atomic mass is 32.2.